The lowest BCUT2D eigenvalue weighted by atomic mass is 10.7. The fourth-order valence-corrected chi connectivity index (χ4v) is 0.779. The number of nitrogens with one attached hydrogen (secondary N) is 1. The van der Waals surface area contributed by atoms with E-state index in [1.807, 2.05) is 0 Å². The van der Waals surface area contributed by atoms with Crippen molar-refractivity contribution in [3.63, 3.8) is 0 Å². The lowest BCUT2D eigenvalue weighted by Crippen LogP contribution is -2.29. The van der Waals surface area contributed by atoms with Gasteiger partial charge in [-0.1, -0.05) is 0 Å². The third-order valence-corrected chi connectivity index (χ3v) is 1.63. The minimum atomic E-state index is -0.819. The number of rotatable bonds is 3. The van der Waals surface area contributed by atoms with E-state index >= 15 is 0 Å². The summed E-state index contributed by atoms with van der Waals surface area (Å²) in [6.45, 7) is 0. The van der Waals surface area contributed by atoms with Crippen LogP contribution in [0.25, 0.3) is 0 Å². The molecule has 4 heteroatoms. The Labute approximate surface area is 52.5 Å². The van der Waals surface area contributed by atoms with Crippen LogP contribution < -0.4 is 5.32 Å². The molecule has 0 aliphatic carbocycles. The van der Waals surface area contributed by atoms with Gasteiger partial charge in [-0.3, -0.25) is 5.32 Å². The molecule has 8 heavy (non-hydrogen) atoms. The second kappa shape index (κ2) is 3.74. The number of aliphatic carboxylic acids is 1. The van der Waals surface area contributed by atoms with Crippen molar-refractivity contribution < 1.29 is 9.90 Å². The monoisotopic (exact) mass is 135 g/mol. The summed E-state index contributed by atoms with van der Waals surface area (Å²) < 4.78 is 0. The lowest BCUT2D eigenvalue weighted by Gasteiger charge is -2.04. The van der Waals surface area contributed by atoms with E-state index < -0.39 is 11.3 Å². The fraction of sp³-hybridized carbons (Fsp3) is 0.750. The third kappa shape index (κ3) is 2.18. The quantitative estimate of drug-likeness (QED) is 0.534. The minimum Gasteiger partial charge on any atom is -0.479 e. The first kappa shape index (κ1) is 7.78. The van der Waals surface area contributed by atoms with Crippen LogP contribution in [0.3, 0.4) is 0 Å². The van der Waals surface area contributed by atoms with Crippen LogP contribution in [0.4, 0.5) is 0 Å². The van der Waals surface area contributed by atoms with Crippen LogP contribution in [0.2, 0.25) is 0 Å². The van der Waals surface area contributed by atoms with Gasteiger partial charge in [0.15, 0.2) is 5.37 Å². The van der Waals surface area contributed by atoms with E-state index in [9.17, 15) is 4.79 Å². The molecular formula is C4H9NO2S. The van der Waals surface area contributed by atoms with Crippen molar-refractivity contribution in [3.05, 3.63) is 0 Å². The molecule has 0 heterocycles. The second-order valence-electron chi connectivity index (χ2n) is 1.24. The summed E-state index contributed by atoms with van der Waals surface area (Å²) >= 11 is 1.27. The molecule has 0 aliphatic heterocycles. The first-order valence-electron chi connectivity index (χ1n) is 2.15. The van der Waals surface area contributed by atoms with Crippen LogP contribution in [-0.4, -0.2) is 29.8 Å². The molecule has 2 N–H and O–H groups in total. The van der Waals surface area contributed by atoms with Gasteiger partial charge in [-0.2, -0.15) is 0 Å². The van der Waals surface area contributed by atoms with E-state index in [4.69, 9.17) is 5.11 Å². The molecule has 0 aromatic rings. The zero-order valence-electron chi connectivity index (χ0n) is 4.84. The van der Waals surface area contributed by atoms with Crippen molar-refractivity contribution >= 4 is 17.7 Å². The van der Waals surface area contributed by atoms with Crippen LogP contribution in [0.1, 0.15) is 0 Å². The van der Waals surface area contributed by atoms with E-state index in [0.717, 1.165) is 0 Å². The maximum Gasteiger partial charge on any atom is 0.331 e. The highest BCUT2D eigenvalue weighted by molar-refractivity contribution is 7.99. The van der Waals surface area contributed by atoms with Gasteiger partial charge in [-0.25, -0.2) is 4.79 Å². The number of carbonyl (C=O) groups is 1. The predicted octanol–water partition coefficient (Wildman–Crippen LogP) is -0.0205. The Hall–Kier alpha value is -0.220. The smallest absolute Gasteiger partial charge is 0.331 e. The van der Waals surface area contributed by atoms with Crippen molar-refractivity contribution in [2.45, 2.75) is 5.37 Å². The van der Waals surface area contributed by atoms with Gasteiger partial charge < -0.3 is 5.11 Å². The van der Waals surface area contributed by atoms with E-state index in [1.54, 1.807) is 13.3 Å². The molecule has 48 valence electrons. The summed E-state index contributed by atoms with van der Waals surface area (Å²) in [5.41, 5.74) is 0. The molecule has 0 aromatic carbocycles. The van der Waals surface area contributed by atoms with Crippen molar-refractivity contribution in [3.8, 4) is 0 Å². The average molecular weight is 135 g/mol. The molecule has 0 fully saturated rings. The Balaban J connectivity index is 3.52. The summed E-state index contributed by atoms with van der Waals surface area (Å²) in [5.74, 6) is -0.819. The molecular weight excluding hydrogens is 126 g/mol. The maximum atomic E-state index is 10.1. The Morgan fingerprint density at radius 1 is 1.88 bits per heavy atom. The molecule has 0 radical (unpaired) electrons. The highest BCUT2D eigenvalue weighted by Gasteiger charge is 2.10. The Bertz CT molecular complexity index is 82.1. The van der Waals surface area contributed by atoms with Crippen molar-refractivity contribution in [2.24, 2.45) is 0 Å². The number of hydrogen-bond donors (Lipinski definition) is 2. The zero-order chi connectivity index (χ0) is 6.57. The largest absolute Gasteiger partial charge is 0.479 e. The van der Waals surface area contributed by atoms with Gasteiger partial charge in [-0.05, 0) is 13.3 Å². The summed E-state index contributed by atoms with van der Waals surface area (Å²) in [4.78, 5) is 10.1. The van der Waals surface area contributed by atoms with E-state index in [1.165, 1.54) is 11.8 Å². The van der Waals surface area contributed by atoms with Gasteiger partial charge in [0.05, 0.1) is 0 Å². The van der Waals surface area contributed by atoms with E-state index in [2.05, 4.69) is 5.32 Å². The second-order valence-corrected chi connectivity index (χ2v) is 2.19. The highest BCUT2D eigenvalue weighted by Crippen LogP contribution is 1.99. The lowest BCUT2D eigenvalue weighted by molar-refractivity contribution is -0.136. The molecule has 0 rings (SSSR count). The first-order valence-corrected chi connectivity index (χ1v) is 3.44. The average Bonchev–Trinajstić information content (AvgIpc) is 1.69. The maximum absolute atomic E-state index is 10.1. The standard InChI is InChI=1S/C4H9NO2S/c1-5-3(8-2)4(6)7/h3,5H,1-2H3,(H,6,7)/t3-/m1/s1. The zero-order valence-corrected chi connectivity index (χ0v) is 5.66. The SMILES string of the molecule is CN[C@H](SC)C(=O)O. The molecule has 0 spiro atoms. The van der Waals surface area contributed by atoms with Gasteiger partial charge in [0.25, 0.3) is 0 Å². The van der Waals surface area contributed by atoms with Crippen LogP contribution in [-0.2, 0) is 4.79 Å². The minimum absolute atomic E-state index is 0.463. The molecule has 0 aliphatic rings. The van der Waals surface area contributed by atoms with E-state index in [0.29, 0.717) is 0 Å². The molecule has 3 nitrogen and oxygen atoms in total. The summed E-state index contributed by atoms with van der Waals surface area (Å²) in [7, 11) is 1.62. The molecule has 0 aromatic heterocycles. The molecule has 0 saturated carbocycles. The topological polar surface area (TPSA) is 49.3 Å². The Kier molecular flexibility index (Phi) is 3.64. The Morgan fingerprint density at radius 2 is 2.38 bits per heavy atom. The molecule has 0 unspecified atom stereocenters. The molecule has 0 bridgehead atoms. The molecule has 1 atom stereocenters. The number of likely N-dealkylation sites (N-methyl/N-ethyl adjacent to an activating group) is 1. The van der Waals surface area contributed by atoms with Crippen LogP contribution in [0.5, 0.6) is 0 Å². The summed E-state index contributed by atoms with van der Waals surface area (Å²) in [6, 6.07) is 0. The van der Waals surface area contributed by atoms with Crippen LogP contribution in [0.15, 0.2) is 0 Å². The van der Waals surface area contributed by atoms with Gasteiger partial charge in [0.2, 0.25) is 0 Å². The van der Waals surface area contributed by atoms with Gasteiger partial charge in [-0.15, -0.1) is 11.8 Å². The van der Waals surface area contributed by atoms with Crippen molar-refractivity contribution in [2.75, 3.05) is 13.3 Å². The number of hydrogen-bond acceptors (Lipinski definition) is 3. The van der Waals surface area contributed by atoms with Gasteiger partial charge in [0.1, 0.15) is 0 Å². The number of thioether (sulfide) groups is 1. The van der Waals surface area contributed by atoms with Crippen LogP contribution in [0, 0.1) is 0 Å². The predicted molar refractivity (Wildman–Crippen MR) is 34.0 cm³/mol. The highest BCUT2D eigenvalue weighted by atomic mass is 32.2. The summed E-state index contributed by atoms with van der Waals surface area (Å²) in [5, 5.41) is 10.4. The summed E-state index contributed by atoms with van der Waals surface area (Å²) in [6.07, 6.45) is 1.75. The third-order valence-electron chi connectivity index (χ3n) is 0.722. The van der Waals surface area contributed by atoms with Crippen molar-refractivity contribution in [1.82, 2.24) is 5.32 Å². The number of carboxylic acids is 1. The first-order chi connectivity index (χ1) is 3.72. The van der Waals surface area contributed by atoms with Crippen LogP contribution >= 0.6 is 11.8 Å². The number of carboxylic acid groups (broad SMARTS) is 1. The fourth-order valence-electron chi connectivity index (χ4n) is 0.342. The van der Waals surface area contributed by atoms with Crippen molar-refractivity contribution in [1.29, 1.82) is 0 Å². The van der Waals surface area contributed by atoms with E-state index in [-0.39, 0.29) is 0 Å². The van der Waals surface area contributed by atoms with Gasteiger partial charge in [0, 0.05) is 0 Å². The normalized spacial score (nSPS) is 13.2. The van der Waals surface area contributed by atoms with Gasteiger partial charge >= 0.3 is 5.97 Å². The molecule has 0 amide bonds. The molecule has 0 saturated heterocycles. The Morgan fingerprint density at radius 3 is 2.38 bits per heavy atom.